The highest BCUT2D eigenvalue weighted by atomic mass is 32.2. The first-order valence-electron chi connectivity index (χ1n) is 4.30. The molecule has 1 unspecified atom stereocenters. The number of nitrogens with zero attached hydrogens (tertiary/aromatic N) is 3. The first-order valence-corrected chi connectivity index (χ1v) is 5.18. The molecule has 1 aromatic heterocycles. The van der Waals surface area contributed by atoms with Crippen LogP contribution in [0.5, 0.6) is 0 Å². The van der Waals surface area contributed by atoms with Crippen molar-refractivity contribution in [1.29, 1.82) is 5.26 Å². The molecule has 0 aromatic carbocycles. The second-order valence-corrected chi connectivity index (χ2v) is 4.43. The molecule has 1 heterocycles. The van der Waals surface area contributed by atoms with Crippen LogP contribution in [-0.2, 0) is 11.8 Å². The predicted octanol–water partition coefficient (Wildman–Crippen LogP) is 1.17. The van der Waals surface area contributed by atoms with E-state index in [9.17, 15) is 4.79 Å². The Hall–Kier alpha value is -1.48. The Kier molecular flexibility index (Phi) is 3.37. The molecule has 0 saturated carbocycles. The second-order valence-electron chi connectivity index (χ2n) is 3.10. The molecule has 0 aliphatic carbocycles. The highest BCUT2D eigenvalue weighted by Crippen LogP contribution is 2.27. The number of aryl methyl sites for hydroxylation is 2. The Morgan fingerprint density at radius 1 is 1.73 bits per heavy atom. The zero-order valence-electron chi connectivity index (χ0n) is 8.68. The Balaban J connectivity index is 3.05. The predicted molar refractivity (Wildman–Crippen MR) is 55.6 cm³/mol. The summed E-state index contributed by atoms with van der Waals surface area (Å²) in [4.78, 5) is 10.7. The Labute approximate surface area is 91.7 Å². The van der Waals surface area contributed by atoms with Gasteiger partial charge in [-0.2, -0.15) is 10.4 Å². The fraction of sp³-hybridized carbons (Fsp3) is 0.444. The van der Waals surface area contributed by atoms with Crippen LogP contribution in [0.25, 0.3) is 0 Å². The van der Waals surface area contributed by atoms with Crippen LogP contribution in [0.4, 0.5) is 0 Å². The lowest BCUT2D eigenvalue weighted by Gasteiger charge is -2.05. The quantitative estimate of drug-likeness (QED) is 0.781. The average molecular weight is 225 g/mol. The van der Waals surface area contributed by atoms with Gasteiger partial charge in [0, 0.05) is 7.05 Å². The maximum Gasteiger partial charge on any atom is 0.316 e. The van der Waals surface area contributed by atoms with E-state index < -0.39 is 11.2 Å². The number of nitriles is 1. The van der Waals surface area contributed by atoms with E-state index in [1.807, 2.05) is 6.07 Å². The fourth-order valence-electron chi connectivity index (χ4n) is 1.12. The van der Waals surface area contributed by atoms with Gasteiger partial charge in [0.15, 0.2) is 0 Å². The standard InChI is InChI=1S/C9H11N3O2S/c1-5-7(4-10)8(12(3)11-5)15-6(2)9(13)14/h6H,1-3H3,(H,13,14). The molecule has 6 heteroatoms. The third-order valence-electron chi connectivity index (χ3n) is 1.92. The van der Waals surface area contributed by atoms with Gasteiger partial charge >= 0.3 is 5.97 Å². The smallest absolute Gasteiger partial charge is 0.316 e. The van der Waals surface area contributed by atoms with Gasteiger partial charge in [-0.05, 0) is 13.8 Å². The molecular weight excluding hydrogens is 214 g/mol. The van der Waals surface area contributed by atoms with Gasteiger partial charge in [-0.3, -0.25) is 9.48 Å². The molecule has 0 spiro atoms. The molecule has 1 aromatic rings. The first-order chi connectivity index (χ1) is 6.97. The van der Waals surface area contributed by atoms with Crippen molar-refractivity contribution in [3.05, 3.63) is 11.3 Å². The SMILES string of the molecule is Cc1nn(C)c(SC(C)C(=O)O)c1C#N. The lowest BCUT2D eigenvalue weighted by atomic mass is 10.3. The number of aliphatic carboxylic acids is 1. The lowest BCUT2D eigenvalue weighted by molar-refractivity contribution is -0.136. The van der Waals surface area contributed by atoms with Crippen LogP contribution in [0, 0.1) is 18.3 Å². The van der Waals surface area contributed by atoms with E-state index in [0.717, 1.165) is 11.8 Å². The van der Waals surface area contributed by atoms with E-state index in [-0.39, 0.29) is 0 Å². The summed E-state index contributed by atoms with van der Waals surface area (Å²) in [5, 5.41) is 21.8. The van der Waals surface area contributed by atoms with Gasteiger partial charge in [0.2, 0.25) is 0 Å². The van der Waals surface area contributed by atoms with Gasteiger partial charge in [-0.1, -0.05) is 11.8 Å². The summed E-state index contributed by atoms with van der Waals surface area (Å²) >= 11 is 1.13. The van der Waals surface area contributed by atoms with Gasteiger partial charge in [0.1, 0.15) is 21.9 Å². The van der Waals surface area contributed by atoms with Gasteiger partial charge in [0.25, 0.3) is 0 Å². The van der Waals surface area contributed by atoms with Gasteiger partial charge < -0.3 is 5.11 Å². The van der Waals surface area contributed by atoms with E-state index in [2.05, 4.69) is 5.10 Å². The first kappa shape index (κ1) is 11.6. The monoisotopic (exact) mass is 225 g/mol. The van der Waals surface area contributed by atoms with Crippen LogP contribution >= 0.6 is 11.8 Å². The summed E-state index contributed by atoms with van der Waals surface area (Å²) < 4.78 is 1.54. The molecule has 0 fully saturated rings. The number of hydrogen-bond acceptors (Lipinski definition) is 4. The van der Waals surface area contributed by atoms with Crippen LogP contribution in [0.3, 0.4) is 0 Å². The van der Waals surface area contributed by atoms with Crippen LogP contribution in [0.1, 0.15) is 18.2 Å². The number of carbonyl (C=O) groups is 1. The molecule has 0 aliphatic heterocycles. The summed E-state index contributed by atoms with van der Waals surface area (Å²) in [6.45, 7) is 3.31. The molecule has 1 atom stereocenters. The van der Waals surface area contributed by atoms with Crippen molar-refractivity contribution in [2.75, 3.05) is 0 Å². The number of aromatic nitrogens is 2. The van der Waals surface area contributed by atoms with Crippen molar-refractivity contribution in [2.45, 2.75) is 24.1 Å². The highest BCUT2D eigenvalue weighted by Gasteiger charge is 2.19. The lowest BCUT2D eigenvalue weighted by Crippen LogP contribution is -2.12. The Morgan fingerprint density at radius 3 is 2.80 bits per heavy atom. The van der Waals surface area contributed by atoms with E-state index in [0.29, 0.717) is 16.3 Å². The minimum absolute atomic E-state index is 0.454. The van der Waals surface area contributed by atoms with Crippen molar-refractivity contribution >= 4 is 17.7 Å². The van der Waals surface area contributed by atoms with Gasteiger partial charge in [-0.15, -0.1) is 0 Å². The number of carboxylic acids is 1. The Bertz CT molecular complexity index is 433. The maximum atomic E-state index is 10.7. The third-order valence-corrected chi connectivity index (χ3v) is 3.16. The molecule has 15 heavy (non-hydrogen) atoms. The third kappa shape index (κ3) is 2.30. The zero-order chi connectivity index (χ0) is 11.6. The summed E-state index contributed by atoms with van der Waals surface area (Å²) in [6.07, 6.45) is 0. The maximum absolute atomic E-state index is 10.7. The Morgan fingerprint density at radius 2 is 2.33 bits per heavy atom. The number of rotatable bonds is 3. The topological polar surface area (TPSA) is 78.9 Å². The second kappa shape index (κ2) is 4.36. The normalized spacial score (nSPS) is 12.1. The highest BCUT2D eigenvalue weighted by molar-refractivity contribution is 8.00. The number of carboxylic acid groups (broad SMARTS) is 1. The van der Waals surface area contributed by atoms with E-state index in [4.69, 9.17) is 10.4 Å². The van der Waals surface area contributed by atoms with Gasteiger partial charge in [0.05, 0.1) is 5.69 Å². The van der Waals surface area contributed by atoms with E-state index in [1.165, 1.54) is 4.68 Å². The summed E-state index contributed by atoms with van der Waals surface area (Å²) in [7, 11) is 1.70. The number of thioether (sulfide) groups is 1. The number of hydrogen-bond donors (Lipinski definition) is 1. The molecule has 1 N–H and O–H groups in total. The summed E-state index contributed by atoms with van der Waals surface area (Å²) in [5.41, 5.74) is 1.08. The van der Waals surface area contributed by atoms with E-state index in [1.54, 1.807) is 20.9 Å². The van der Waals surface area contributed by atoms with Crippen molar-refractivity contribution < 1.29 is 9.90 Å². The van der Waals surface area contributed by atoms with Crippen LogP contribution < -0.4 is 0 Å². The van der Waals surface area contributed by atoms with Crippen molar-refractivity contribution in [3.63, 3.8) is 0 Å². The van der Waals surface area contributed by atoms with Crippen LogP contribution in [0.15, 0.2) is 5.03 Å². The summed E-state index contributed by atoms with van der Waals surface area (Å²) in [6, 6.07) is 2.03. The minimum atomic E-state index is -0.900. The van der Waals surface area contributed by atoms with Crippen molar-refractivity contribution in [1.82, 2.24) is 9.78 Å². The molecular formula is C9H11N3O2S. The van der Waals surface area contributed by atoms with Crippen LogP contribution in [0.2, 0.25) is 0 Å². The van der Waals surface area contributed by atoms with Gasteiger partial charge in [-0.25, -0.2) is 0 Å². The molecule has 1 rings (SSSR count). The van der Waals surface area contributed by atoms with Crippen molar-refractivity contribution in [3.8, 4) is 6.07 Å². The molecule has 0 aliphatic rings. The molecule has 0 radical (unpaired) electrons. The summed E-state index contributed by atoms with van der Waals surface area (Å²) in [5.74, 6) is -0.900. The largest absolute Gasteiger partial charge is 0.480 e. The van der Waals surface area contributed by atoms with E-state index >= 15 is 0 Å². The fourth-order valence-corrected chi connectivity index (χ4v) is 2.06. The molecule has 0 amide bonds. The average Bonchev–Trinajstić information content (AvgIpc) is 2.41. The zero-order valence-corrected chi connectivity index (χ0v) is 9.50. The molecule has 0 saturated heterocycles. The minimum Gasteiger partial charge on any atom is -0.480 e. The molecule has 5 nitrogen and oxygen atoms in total. The van der Waals surface area contributed by atoms with Crippen molar-refractivity contribution in [2.24, 2.45) is 7.05 Å². The van der Waals surface area contributed by atoms with Crippen LogP contribution in [-0.4, -0.2) is 26.1 Å². The molecule has 80 valence electrons. The molecule has 0 bridgehead atoms.